The first-order valence-corrected chi connectivity index (χ1v) is 9.04. The number of furan rings is 1. The maximum atomic E-state index is 12.2. The van der Waals surface area contributed by atoms with Crippen molar-refractivity contribution in [2.45, 2.75) is 25.3 Å². The minimum absolute atomic E-state index is 0.0413. The molecule has 4 rings (SSSR count). The van der Waals surface area contributed by atoms with Crippen molar-refractivity contribution in [2.24, 2.45) is 5.73 Å². The smallest absolute Gasteiger partial charge is 0.250 e. The van der Waals surface area contributed by atoms with E-state index in [-0.39, 0.29) is 11.9 Å². The van der Waals surface area contributed by atoms with Crippen LogP contribution in [-0.2, 0) is 4.79 Å². The topological polar surface area (TPSA) is 114 Å². The zero-order chi connectivity index (χ0) is 19.7. The van der Waals surface area contributed by atoms with E-state index in [9.17, 15) is 9.59 Å². The number of nitrogens with one attached hydrogen (secondary N) is 2. The summed E-state index contributed by atoms with van der Waals surface area (Å²) < 4.78 is 5.57. The SMILES string of the molecule is C=CC(=O)NC1CCC=C(c2c(C(N)=O)cnc3[nH]cc(-c4ccco4)c23)C1. The van der Waals surface area contributed by atoms with Gasteiger partial charge in [0.25, 0.3) is 5.91 Å². The monoisotopic (exact) mass is 376 g/mol. The van der Waals surface area contributed by atoms with Gasteiger partial charge < -0.3 is 20.5 Å². The highest BCUT2D eigenvalue weighted by Gasteiger charge is 2.25. The van der Waals surface area contributed by atoms with Crippen molar-refractivity contribution < 1.29 is 14.0 Å². The summed E-state index contributed by atoms with van der Waals surface area (Å²) in [7, 11) is 0. The molecular formula is C21H20N4O3. The van der Waals surface area contributed by atoms with Gasteiger partial charge in [0.15, 0.2) is 0 Å². The number of nitrogens with zero attached hydrogens (tertiary/aromatic N) is 1. The van der Waals surface area contributed by atoms with Crippen LogP contribution < -0.4 is 11.1 Å². The largest absolute Gasteiger partial charge is 0.464 e. The van der Waals surface area contributed by atoms with Crippen molar-refractivity contribution in [3.63, 3.8) is 0 Å². The van der Waals surface area contributed by atoms with Gasteiger partial charge in [0.05, 0.1) is 11.8 Å². The number of carbonyl (C=O) groups is 2. The lowest BCUT2D eigenvalue weighted by molar-refractivity contribution is -0.117. The first-order chi connectivity index (χ1) is 13.6. The third-order valence-electron chi connectivity index (χ3n) is 4.98. The summed E-state index contributed by atoms with van der Waals surface area (Å²) in [4.78, 5) is 31.4. The maximum Gasteiger partial charge on any atom is 0.250 e. The molecule has 0 saturated carbocycles. The Balaban J connectivity index is 1.87. The molecule has 3 aromatic heterocycles. The molecule has 1 unspecified atom stereocenters. The number of allylic oxidation sites excluding steroid dienone is 1. The highest BCUT2D eigenvalue weighted by molar-refractivity contribution is 6.09. The highest BCUT2D eigenvalue weighted by atomic mass is 16.3. The van der Waals surface area contributed by atoms with Gasteiger partial charge in [0, 0.05) is 34.9 Å². The molecule has 1 atom stereocenters. The van der Waals surface area contributed by atoms with E-state index in [1.165, 1.54) is 12.3 Å². The van der Waals surface area contributed by atoms with Crippen molar-refractivity contribution in [1.82, 2.24) is 15.3 Å². The van der Waals surface area contributed by atoms with E-state index >= 15 is 0 Å². The van der Waals surface area contributed by atoms with Crippen LogP contribution in [0.3, 0.4) is 0 Å². The maximum absolute atomic E-state index is 12.2. The molecule has 7 heteroatoms. The van der Waals surface area contributed by atoms with Gasteiger partial charge in [-0.1, -0.05) is 12.7 Å². The van der Waals surface area contributed by atoms with E-state index in [0.717, 1.165) is 34.9 Å². The highest BCUT2D eigenvalue weighted by Crippen LogP contribution is 2.38. The lowest BCUT2D eigenvalue weighted by atomic mass is 9.86. The standard InChI is InChI=1S/C21H20N4O3/c1-2-17(26)25-13-6-3-5-12(9-13)18-15(20(22)27)11-24-21-19(18)14(10-23-21)16-7-4-8-28-16/h2,4-5,7-8,10-11,13H,1,3,6,9H2,(H2,22,27)(H,23,24)(H,25,26). The van der Waals surface area contributed by atoms with Crippen molar-refractivity contribution in [1.29, 1.82) is 0 Å². The number of H-pyrrole nitrogens is 1. The Bertz CT molecular complexity index is 1090. The molecule has 3 heterocycles. The number of pyridine rings is 1. The number of nitrogens with two attached hydrogens (primary N) is 1. The Labute approximate surface area is 161 Å². The molecule has 0 aromatic carbocycles. The number of fused-ring (bicyclic) bond motifs is 1. The van der Waals surface area contributed by atoms with Crippen LogP contribution in [0.4, 0.5) is 0 Å². The fraction of sp³-hybridized carbons (Fsp3) is 0.190. The number of hydrogen-bond acceptors (Lipinski definition) is 4. The van der Waals surface area contributed by atoms with Crippen LogP contribution in [0.5, 0.6) is 0 Å². The second kappa shape index (κ2) is 7.19. The predicted molar refractivity (Wildman–Crippen MR) is 106 cm³/mol. The molecule has 7 nitrogen and oxygen atoms in total. The van der Waals surface area contributed by atoms with Gasteiger partial charge >= 0.3 is 0 Å². The number of aromatic nitrogens is 2. The summed E-state index contributed by atoms with van der Waals surface area (Å²) in [5.74, 6) is -0.0860. The summed E-state index contributed by atoms with van der Waals surface area (Å²) in [5, 5.41) is 3.73. The number of aromatic amines is 1. The van der Waals surface area contributed by atoms with Crippen LogP contribution in [0.2, 0.25) is 0 Å². The lowest BCUT2D eigenvalue weighted by Gasteiger charge is -2.25. The number of amides is 2. The summed E-state index contributed by atoms with van der Waals surface area (Å²) in [6, 6.07) is 3.62. The van der Waals surface area contributed by atoms with E-state index in [2.05, 4.69) is 27.9 Å². The Hall–Kier alpha value is -3.61. The molecule has 0 bridgehead atoms. The molecule has 0 spiro atoms. The van der Waals surface area contributed by atoms with Gasteiger partial charge in [-0.3, -0.25) is 9.59 Å². The molecule has 0 aliphatic heterocycles. The number of rotatable bonds is 5. The van der Waals surface area contributed by atoms with Crippen LogP contribution in [-0.4, -0.2) is 27.8 Å². The molecule has 0 fully saturated rings. The zero-order valence-electron chi connectivity index (χ0n) is 15.2. The fourth-order valence-corrected chi connectivity index (χ4v) is 3.74. The van der Waals surface area contributed by atoms with Crippen molar-refractivity contribution in [3.8, 4) is 11.3 Å². The van der Waals surface area contributed by atoms with E-state index < -0.39 is 5.91 Å². The van der Waals surface area contributed by atoms with Gasteiger partial charge in [-0.05, 0) is 43.0 Å². The van der Waals surface area contributed by atoms with Crippen LogP contribution in [0.1, 0.15) is 35.2 Å². The Morgan fingerprint density at radius 3 is 3.00 bits per heavy atom. The van der Waals surface area contributed by atoms with Gasteiger partial charge in [-0.25, -0.2) is 4.98 Å². The van der Waals surface area contributed by atoms with Crippen LogP contribution >= 0.6 is 0 Å². The summed E-state index contributed by atoms with van der Waals surface area (Å²) in [6.07, 6.45) is 10.4. The average Bonchev–Trinajstić information content (AvgIpc) is 3.36. The molecular weight excluding hydrogens is 356 g/mol. The van der Waals surface area contributed by atoms with Crippen molar-refractivity contribution in [2.75, 3.05) is 0 Å². The van der Waals surface area contributed by atoms with Gasteiger partial charge in [0.2, 0.25) is 5.91 Å². The van der Waals surface area contributed by atoms with Gasteiger partial charge in [-0.2, -0.15) is 0 Å². The van der Waals surface area contributed by atoms with Crippen LogP contribution in [0.15, 0.2) is 53.9 Å². The van der Waals surface area contributed by atoms with Crippen LogP contribution in [0.25, 0.3) is 27.9 Å². The Morgan fingerprint density at radius 1 is 1.43 bits per heavy atom. The second-order valence-electron chi connectivity index (χ2n) is 6.73. The first kappa shape index (κ1) is 17.8. The van der Waals surface area contributed by atoms with E-state index in [1.54, 1.807) is 12.3 Å². The second-order valence-corrected chi connectivity index (χ2v) is 6.73. The van der Waals surface area contributed by atoms with Gasteiger partial charge in [-0.15, -0.1) is 0 Å². The Kier molecular flexibility index (Phi) is 4.57. The normalized spacial score (nSPS) is 16.6. The van der Waals surface area contributed by atoms with E-state index in [1.807, 2.05) is 12.3 Å². The summed E-state index contributed by atoms with van der Waals surface area (Å²) in [5.41, 5.74) is 9.16. The molecule has 2 amide bonds. The quantitative estimate of drug-likeness (QED) is 0.593. The van der Waals surface area contributed by atoms with E-state index in [0.29, 0.717) is 23.4 Å². The third-order valence-corrected chi connectivity index (χ3v) is 4.98. The number of hydrogen-bond donors (Lipinski definition) is 3. The minimum Gasteiger partial charge on any atom is -0.464 e. The fourth-order valence-electron chi connectivity index (χ4n) is 3.74. The molecule has 4 N–H and O–H groups in total. The molecule has 1 aliphatic carbocycles. The molecule has 142 valence electrons. The molecule has 28 heavy (non-hydrogen) atoms. The lowest BCUT2D eigenvalue weighted by Crippen LogP contribution is -2.35. The summed E-state index contributed by atoms with van der Waals surface area (Å²) in [6.45, 7) is 3.50. The zero-order valence-corrected chi connectivity index (χ0v) is 15.2. The molecule has 0 saturated heterocycles. The first-order valence-electron chi connectivity index (χ1n) is 9.04. The predicted octanol–water partition coefficient (Wildman–Crippen LogP) is 3.16. The number of carbonyl (C=O) groups excluding carboxylic acids is 2. The Morgan fingerprint density at radius 2 is 2.29 bits per heavy atom. The molecule has 1 aliphatic rings. The average molecular weight is 376 g/mol. The third kappa shape index (κ3) is 3.11. The summed E-state index contributed by atoms with van der Waals surface area (Å²) >= 11 is 0. The minimum atomic E-state index is -0.547. The molecule has 3 aromatic rings. The van der Waals surface area contributed by atoms with Gasteiger partial charge in [0.1, 0.15) is 11.4 Å². The van der Waals surface area contributed by atoms with Crippen LogP contribution in [0, 0.1) is 0 Å². The van der Waals surface area contributed by atoms with Crippen molar-refractivity contribution >= 4 is 28.4 Å². The number of primary amides is 1. The van der Waals surface area contributed by atoms with Crippen molar-refractivity contribution in [3.05, 3.63) is 60.6 Å². The molecule has 0 radical (unpaired) electrons. The van der Waals surface area contributed by atoms with E-state index in [4.69, 9.17) is 10.2 Å².